The molecule has 0 radical (unpaired) electrons. The molecule has 3 N–H and O–H groups in total. The van der Waals surface area contributed by atoms with Crippen molar-refractivity contribution in [1.29, 1.82) is 0 Å². The van der Waals surface area contributed by atoms with Gasteiger partial charge >= 0.3 is 0 Å². The first-order valence-corrected chi connectivity index (χ1v) is 5.73. The summed E-state index contributed by atoms with van der Waals surface area (Å²) >= 11 is 5.82. The van der Waals surface area contributed by atoms with E-state index < -0.39 is 5.60 Å². The van der Waals surface area contributed by atoms with Crippen LogP contribution in [0.25, 0.3) is 0 Å². The highest BCUT2D eigenvalue weighted by atomic mass is 35.5. The Labute approximate surface area is 101 Å². The summed E-state index contributed by atoms with van der Waals surface area (Å²) in [6.07, 6.45) is 0.682. The number of phenolic OH excluding ortho intramolecular Hbond substituents is 1. The van der Waals surface area contributed by atoms with Gasteiger partial charge in [-0.05, 0) is 31.5 Å². The molecule has 4 heteroatoms. The summed E-state index contributed by atoms with van der Waals surface area (Å²) in [7, 11) is 0. The maximum absolute atomic E-state index is 9.77. The van der Waals surface area contributed by atoms with Crippen LogP contribution in [-0.4, -0.2) is 22.4 Å². The number of phenols is 1. The Morgan fingerprint density at radius 1 is 1.44 bits per heavy atom. The molecule has 0 aliphatic rings. The van der Waals surface area contributed by atoms with Crippen molar-refractivity contribution in [3.05, 3.63) is 28.8 Å². The van der Waals surface area contributed by atoms with E-state index in [4.69, 9.17) is 11.6 Å². The van der Waals surface area contributed by atoms with E-state index in [1.165, 1.54) is 0 Å². The lowest BCUT2D eigenvalue weighted by molar-refractivity contribution is 0.0555. The summed E-state index contributed by atoms with van der Waals surface area (Å²) in [5.74, 6) is 0.216. The number of halogens is 1. The van der Waals surface area contributed by atoms with E-state index in [9.17, 15) is 10.2 Å². The number of rotatable bonds is 5. The Morgan fingerprint density at radius 3 is 2.75 bits per heavy atom. The molecule has 1 rings (SSSR count). The predicted octanol–water partition coefficient (Wildman–Crippen LogP) is 2.30. The molecule has 0 heterocycles. The van der Waals surface area contributed by atoms with Crippen molar-refractivity contribution in [1.82, 2.24) is 5.32 Å². The van der Waals surface area contributed by atoms with E-state index >= 15 is 0 Å². The molecule has 16 heavy (non-hydrogen) atoms. The first kappa shape index (κ1) is 13.3. The summed E-state index contributed by atoms with van der Waals surface area (Å²) in [5, 5.41) is 23.0. The Balaban J connectivity index is 2.52. The first-order chi connectivity index (χ1) is 7.44. The quantitative estimate of drug-likeness (QED) is 0.744. The highest BCUT2D eigenvalue weighted by Crippen LogP contribution is 2.21. The molecule has 0 aliphatic heterocycles. The molecule has 0 amide bonds. The first-order valence-electron chi connectivity index (χ1n) is 5.35. The molecule has 90 valence electrons. The zero-order valence-corrected chi connectivity index (χ0v) is 10.4. The monoisotopic (exact) mass is 243 g/mol. The smallest absolute Gasteiger partial charge is 0.120 e. The lowest BCUT2D eigenvalue weighted by Gasteiger charge is -2.21. The topological polar surface area (TPSA) is 52.5 Å². The van der Waals surface area contributed by atoms with Crippen LogP contribution in [0.4, 0.5) is 0 Å². The molecule has 1 unspecified atom stereocenters. The van der Waals surface area contributed by atoms with E-state index in [2.05, 4.69) is 5.32 Å². The van der Waals surface area contributed by atoms with Crippen molar-refractivity contribution >= 4 is 11.6 Å². The van der Waals surface area contributed by atoms with Crippen LogP contribution in [-0.2, 0) is 6.54 Å². The zero-order chi connectivity index (χ0) is 12.2. The highest BCUT2D eigenvalue weighted by Gasteiger charge is 2.16. The van der Waals surface area contributed by atoms with Gasteiger partial charge in [0.05, 0.1) is 5.60 Å². The van der Waals surface area contributed by atoms with Crippen LogP contribution in [0.15, 0.2) is 18.2 Å². The number of aromatic hydroxyl groups is 1. The maximum Gasteiger partial charge on any atom is 0.120 e. The Kier molecular flexibility index (Phi) is 4.59. The van der Waals surface area contributed by atoms with Gasteiger partial charge in [0.1, 0.15) is 5.75 Å². The van der Waals surface area contributed by atoms with Crippen molar-refractivity contribution in [3.63, 3.8) is 0 Å². The molecule has 0 spiro atoms. The van der Waals surface area contributed by atoms with Crippen LogP contribution >= 0.6 is 11.6 Å². The largest absolute Gasteiger partial charge is 0.508 e. The predicted molar refractivity (Wildman–Crippen MR) is 65.7 cm³/mol. The van der Waals surface area contributed by atoms with Gasteiger partial charge in [0.15, 0.2) is 0 Å². The van der Waals surface area contributed by atoms with Crippen LogP contribution < -0.4 is 5.32 Å². The van der Waals surface area contributed by atoms with E-state index in [0.29, 0.717) is 24.5 Å². The van der Waals surface area contributed by atoms with Crippen LogP contribution in [0.1, 0.15) is 25.8 Å². The summed E-state index contributed by atoms with van der Waals surface area (Å²) < 4.78 is 0. The third kappa shape index (κ3) is 4.00. The van der Waals surface area contributed by atoms with Crippen molar-refractivity contribution in [3.8, 4) is 5.75 Å². The fourth-order valence-corrected chi connectivity index (χ4v) is 1.48. The van der Waals surface area contributed by atoms with Crippen molar-refractivity contribution < 1.29 is 10.2 Å². The van der Waals surface area contributed by atoms with Gasteiger partial charge in [-0.3, -0.25) is 0 Å². The number of hydrogen-bond acceptors (Lipinski definition) is 3. The van der Waals surface area contributed by atoms with E-state index in [1.54, 1.807) is 25.1 Å². The van der Waals surface area contributed by atoms with Gasteiger partial charge in [-0.1, -0.05) is 18.5 Å². The maximum atomic E-state index is 9.77. The van der Waals surface area contributed by atoms with Gasteiger partial charge in [-0.2, -0.15) is 0 Å². The molecule has 0 saturated heterocycles. The minimum atomic E-state index is -0.714. The van der Waals surface area contributed by atoms with Gasteiger partial charge in [-0.25, -0.2) is 0 Å². The van der Waals surface area contributed by atoms with Gasteiger partial charge in [0.25, 0.3) is 0 Å². The lowest BCUT2D eigenvalue weighted by Crippen LogP contribution is -2.36. The fourth-order valence-electron chi connectivity index (χ4n) is 1.29. The average Bonchev–Trinajstić information content (AvgIpc) is 2.23. The number of aliphatic hydroxyl groups is 1. The number of nitrogens with one attached hydrogen (secondary N) is 1. The van der Waals surface area contributed by atoms with E-state index in [0.717, 1.165) is 5.56 Å². The molecule has 0 saturated carbocycles. The van der Waals surface area contributed by atoms with E-state index in [-0.39, 0.29) is 5.75 Å². The van der Waals surface area contributed by atoms with Crippen LogP contribution in [0.3, 0.4) is 0 Å². The molecular formula is C12H18ClNO2. The van der Waals surface area contributed by atoms with Crippen LogP contribution in [0.5, 0.6) is 5.75 Å². The Morgan fingerprint density at radius 2 is 2.12 bits per heavy atom. The van der Waals surface area contributed by atoms with Crippen molar-refractivity contribution in [2.45, 2.75) is 32.4 Å². The standard InChI is InChI=1S/C12H18ClNO2/c1-3-12(2,16)8-14-7-9-6-10(13)4-5-11(9)15/h4-6,14-16H,3,7-8H2,1-2H3. The molecule has 1 aromatic rings. The second-order valence-corrected chi connectivity index (χ2v) is 4.66. The van der Waals surface area contributed by atoms with Gasteiger partial charge in [0, 0.05) is 23.7 Å². The molecule has 1 atom stereocenters. The Bertz CT molecular complexity index is 353. The molecule has 0 aromatic heterocycles. The summed E-state index contributed by atoms with van der Waals surface area (Å²) in [6, 6.07) is 4.92. The van der Waals surface area contributed by atoms with Crippen LogP contribution in [0.2, 0.25) is 5.02 Å². The minimum Gasteiger partial charge on any atom is -0.508 e. The normalized spacial score (nSPS) is 14.8. The SMILES string of the molecule is CCC(C)(O)CNCc1cc(Cl)ccc1O. The minimum absolute atomic E-state index is 0.216. The van der Waals surface area contributed by atoms with E-state index in [1.807, 2.05) is 6.92 Å². The Hall–Kier alpha value is -0.770. The molecule has 1 aromatic carbocycles. The second kappa shape index (κ2) is 5.53. The highest BCUT2D eigenvalue weighted by molar-refractivity contribution is 6.30. The van der Waals surface area contributed by atoms with Gasteiger partial charge in [0.2, 0.25) is 0 Å². The number of hydrogen-bond donors (Lipinski definition) is 3. The van der Waals surface area contributed by atoms with Crippen molar-refractivity contribution in [2.24, 2.45) is 0 Å². The number of benzene rings is 1. The summed E-state index contributed by atoms with van der Waals surface area (Å²) in [6.45, 7) is 4.67. The molecule has 0 bridgehead atoms. The third-order valence-electron chi connectivity index (χ3n) is 2.62. The molecule has 3 nitrogen and oxygen atoms in total. The third-order valence-corrected chi connectivity index (χ3v) is 2.86. The van der Waals surface area contributed by atoms with Crippen LogP contribution in [0, 0.1) is 0 Å². The summed E-state index contributed by atoms with van der Waals surface area (Å²) in [5.41, 5.74) is 0.0215. The lowest BCUT2D eigenvalue weighted by atomic mass is 10.0. The van der Waals surface area contributed by atoms with Crippen molar-refractivity contribution in [2.75, 3.05) is 6.54 Å². The van der Waals surface area contributed by atoms with Gasteiger partial charge in [-0.15, -0.1) is 0 Å². The molecular weight excluding hydrogens is 226 g/mol. The molecule has 0 aliphatic carbocycles. The fraction of sp³-hybridized carbons (Fsp3) is 0.500. The zero-order valence-electron chi connectivity index (χ0n) is 9.63. The average molecular weight is 244 g/mol. The molecule has 0 fully saturated rings. The summed E-state index contributed by atoms with van der Waals surface area (Å²) in [4.78, 5) is 0. The second-order valence-electron chi connectivity index (χ2n) is 4.23. The van der Waals surface area contributed by atoms with Gasteiger partial charge < -0.3 is 15.5 Å².